The van der Waals surface area contributed by atoms with Crippen LogP contribution in [-0.2, 0) is 7.05 Å². The van der Waals surface area contributed by atoms with E-state index in [1.165, 1.54) is 5.69 Å². The summed E-state index contributed by atoms with van der Waals surface area (Å²) in [5, 5.41) is 8.49. The predicted octanol–water partition coefficient (Wildman–Crippen LogP) is 3.55. The minimum absolute atomic E-state index is 0.605. The van der Waals surface area contributed by atoms with E-state index in [4.69, 9.17) is 0 Å². The average molecular weight is 372 g/mol. The standard InChI is InChI=1S/C20H33N7/c1-24(2)13-6-15-27(16-7-14-25(3)4)19-10-8-18(9-11-19)22-23-20-21-12-17-26(20)5/h8-12,17H,6-7,13-16H2,1-5H3. The van der Waals surface area contributed by atoms with Crippen LogP contribution in [0.25, 0.3) is 0 Å². The SMILES string of the molecule is CN(C)CCCN(CCCN(C)C)c1ccc(N=Nc2nccn2C)cc1. The molecule has 7 nitrogen and oxygen atoms in total. The Hall–Kier alpha value is -2.25. The molecule has 0 aliphatic heterocycles. The first kappa shape index (κ1) is 21.1. The lowest BCUT2D eigenvalue weighted by molar-refractivity contribution is 0.390. The van der Waals surface area contributed by atoms with E-state index in [2.05, 4.69) is 70.2 Å². The highest BCUT2D eigenvalue weighted by Crippen LogP contribution is 2.22. The van der Waals surface area contributed by atoms with Crippen LogP contribution in [0.2, 0.25) is 0 Å². The molecule has 148 valence electrons. The van der Waals surface area contributed by atoms with E-state index in [9.17, 15) is 0 Å². The summed E-state index contributed by atoms with van der Waals surface area (Å²) in [6, 6.07) is 8.32. The van der Waals surface area contributed by atoms with Crippen molar-refractivity contribution in [2.24, 2.45) is 17.3 Å². The van der Waals surface area contributed by atoms with Crippen molar-refractivity contribution in [3.63, 3.8) is 0 Å². The lowest BCUT2D eigenvalue weighted by Crippen LogP contribution is -2.30. The summed E-state index contributed by atoms with van der Waals surface area (Å²) in [6.45, 7) is 4.31. The van der Waals surface area contributed by atoms with Crippen molar-refractivity contribution in [3.8, 4) is 0 Å². The molecule has 0 aliphatic rings. The van der Waals surface area contributed by atoms with Crippen molar-refractivity contribution < 1.29 is 0 Å². The van der Waals surface area contributed by atoms with Gasteiger partial charge in [0, 0.05) is 38.2 Å². The molecule has 2 aromatic rings. The molecular formula is C20H33N7. The van der Waals surface area contributed by atoms with Crippen LogP contribution in [0.4, 0.5) is 17.3 Å². The fourth-order valence-electron chi connectivity index (χ4n) is 2.81. The highest BCUT2D eigenvalue weighted by molar-refractivity contribution is 5.52. The largest absolute Gasteiger partial charge is 0.371 e. The fourth-order valence-corrected chi connectivity index (χ4v) is 2.81. The van der Waals surface area contributed by atoms with Gasteiger partial charge in [-0.05, 0) is 78.4 Å². The van der Waals surface area contributed by atoms with Crippen LogP contribution in [0, 0.1) is 0 Å². The summed E-state index contributed by atoms with van der Waals surface area (Å²) in [5.74, 6) is 0.605. The van der Waals surface area contributed by atoms with Gasteiger partial charge in [0.2, 0.25) is 5.95 Å². The Morgan fingerprint density at radius 1 is 0.852 bits per heavy atom. The quantitative estimate of drug-likeness (QED) is 0.567. The van der Waals surface area contributed by atoms with Gasteiger partial charge in [-0.25, -0.2) is 4.98 Å². The third-order valence-corrected chi connectivity index (χ3v) is 4.33. The van der Waals surface area contributed by atoms with Crippen molar-refractivity contribution in [2.75, 3.05) is 59.3 Å². The van der Waals surface area contributed by atoms with Crippen LogP contribution in [0.15, 0.2) is 46.9 Å². The van der Waals surface area contributed by atoms with E-state index in [1.807, 2.05) is 29.9 Å². The summed E-state index contributed by atoms with van der Waals surface area (Å²) in [4.78, 5) is 11.1. The Morgan fingerprint density at radius 3 is 1.93 bits per heavy atom. The molecule has 0 amide bonds. The van der Waals surface area contributed by atoms with Crippen LogP contribution < -0.4 is 4.90 Å². The number of hydrogen-bond acceptors (Lipinski definition) is 6. The van der Waals surface area contributed by atoms with Crippen LogP contribution >= 0.6 is 0 Å². The van der Waals surface area contributed by atoms with Crippen molar-refractivity contribution >= 4 is 17.3 Å². The zero-order chi connectivity index (χ0) is 19.6. The lowest BCUT2D eigenvalue weighted by Gasteiger charge is -2.26. The molecule has 0 aliphatic carbocycles. The van der Waals surface area contributed by atoms with E-state index >= 15 is 0 Å². The zero-order valence-electron chi connectivity index (χ0n) is 17.3. The second kappa shape index (κ2) is 10.8. The molecule has 0 saturated carbocycles. The van der Waals surface area contributed by atoms with Crippen LogP contribution in [0.3, 0.4) is 0 Å². The number of hydrogen-bond donors (Lipinski definition) is 0. The minimum atomic E-state index is 0.605. The minimum Gasteiger partial charge on any atom is -0.371 e. The molecular weight excluding hydrogens is 338 g/mol. The van der Waals surface area contributed by atoms with Crippen molar-refractivity contribution in [1.82, 2.24) is 19.4 Å². The molecule has 1 aromatic heterocycles. The third kappa shape index (κ3) is 7.48. The molecule has 0 radical (unpaired) electrons. The molecule has 1 heterocycles. The Balaban J connectivity index is 2.00. The topological polar surface area (TPSA) is 52.3 Å². The van der Waals surface area contributed by atoms with Crippen molar-refractivity contribution in [2.45, 2.75) is 12.8 Å². The number of aromatic nitrogens is 2. The molecule has 0 saturated heterocycles. The number of anilines is 1. The van der Waals surface area contributed by atoms with E-state index in [0.717, 1.165) is 44.7 Å². The molecule has 0 fully saturated rings. The maximum absolute atomic E-state index is 4.29. The average Bonchev–Trinajstić information content (AvgIpc) is 3.03. The second-order valence-corrected chi connectivity index (χ2v) is 7.36. The van der Waals surface area contributed by atoms with Crippen LogP contribution in [-0.4, -0.2) is 73.7 Å². The normalized spacial score (nSPS) is 11.8. The highest BCUT2D eigenvalue weighted by atomic mass is 15.2. The van der Waals surface area contributed by atoms with Gasteiger partial charge in [0.05, 0.1) is 5.69 Å². The fraction of sp³-hybridized carbons (Fsp3) is 0.550. The Morgan fingerprint density at radius 2 is 1.44 bits per heavy atom. The number of aryl methyl sites for hydroxylation is 1. The van der Waals surface area contributed by atoms with Gasteiger partial charge in [-0.3, -0.25) is 0 Å². The molecule has 0 N–H and O–H groups in total. The Bertz CT molecular complexity index is 675. The second-order valence-electron chi connectivity index (χ2n) is 7.36. The number of azo groups is 1. The number of nitrogens with zero attached hydrogens (tertiary/aromatic N) is 7. The third-order valence-electron chi connectivity index (χ3n) is 4.33. The molecule has 0 bridgehead atoms. The molecule has 0 spiro atoms. The first-order chi connectivity index (χ1) is 13.0. The van der Waals surface area contributed by atoms with E-state index in [1.54, 1.807) is 6.20 Å². The Labute approximate surface area is 163 Å². The summed E-state index contributed by atoms with van der Waals surface area (Å²) in [6.07, 6.45) is 5.87. The van der Waals surface area contributed by atoms with Gasteiger partial charge in [-0.1, -0.05) is 0 Å². The summed E-state index contributed by atoms with van der Waals surface area (Å²) < 4.78 is 1.84. The van der Waals surface area contributed by atoms with Crippen LogP contribution in [0.5, 0.6) is 0 Å². The van der Waals surface area contributed by atoms with E-state index in [-0.39, 0.29) is 0 Å². The monoisotopic (exact) mass is 371 g/mol. The Kier molecular flexibility index (Phi) is 8.42. The van der Waals surface area contributed by atoms with Crippen LogP contribution in [0.1, 0.15) is 12.8 Å². The maximum atomic E-state index is 4.29. The molecule has 1 aromatic carbocycles. The maximum Gasteiger partial charge on any atom is 0.249 e. The van der Waals surface area contributed by atoms with Gasteiger partial charge in [-0.2, -0.15) is 0 Å². The van der Waals surface area contributed by atoms with E-state index in [0.29, 0.717) is 5.95 Å². The number of benzene rings is 1. The molecule has 2 rings (SSSR count). The lowest BCUT2D eigenvalue weighted by atomic mass is 10.2. The molecule has 0 unspecified atom stereocenters. The predicted molar refractivity (Wildman–Crippen MR) is 112 cm³/mol. The van der Waals surface area contributed by atoms with Crippen molar-refractivity contribution in [1.29, 1.82) is 0 Å². The van der Waals surface area contributed by atoms with Gasteiger partial charge in [0.25, 0.3) is 0 Å². The first-order valence-corrected chi connectivity index (χ1v) is 9.49. The summed E-state index contributed by atoms with van der Waals surface area (Å²) >= 11 is 0. The van der Waals surface area contributed by atoms with Crippen molar-refractivity contribution in [3.05, 3.63) is 36.7 Å². The van der Waals surface area contributed by atoms with E-state index < -0.39 is 0 Å². The zero-order valence-corrected chi connectivity index (χ0v) is 17.3. The highest BCUT2D eigenvalue weighted by Gasteiger charge is 2.07. The van der Waals surface area contributed by atoms with Gasteiger partial charge in [-0.15, -0.1) is 10.2 Å². The summed E-state index contributed by atoms with van der Waals surface area (Å²) in [5.41, 5.74) is 2.08. The van der Waals surface area contributed by atoms with Gasteiger partial charge in [0.15, 0.2) is 0 Å². The first-order valence-electron chi connectivity index (χ1n) is 9.49. The van der Waals surface area contributed by atoms with Gasteiger partial charge in [0.1, 0.15) is 0 Å². The van der Waals surface area contributed by atoms with Gasteiger partial charge >= 0.3 is 0 Å². The molecule has 0 atom stereocenters. The van der Waals surface area contributed by atoms with Gasteiger partial charge < -0.3 is 19.3 Å². The number of imidazole rings is 1. The smallest absolute Gasteiger partial charge is 0.249 e. The molecule has 7 heteroatoms. The molecule has 27 heavy (non-hydrogen) atoms. The number of rotatable bonds is 11. The summed E-state index contributed by atoms with van der Waals surface area (Å²) in [7, 11) is 10.4.